The Morgan fingerprint density at radius 2 is 1.32 bits per heavy atom. The summed E-state index contributed by atoms with van der Waals surface area (Å²) >= 11 is 0. The van der Waals surface area contributed by atoms with Gasteiger partial charge in [-0.15, -0.1) is 0 Å². The van der Waals surface area contributed by atoms with Gasteiger partial charge in [-0.25, -0.2) is 0 Å². The van der Waals surface area contributed by atoms with Gasteiger partial charge in [-0.3, -0.25) is 0 Å². The number of phenolic OH excluding ortho intramolecular Hbond substituents is 3. The lowest BCUT2D eigenvalue weighted by molar-refractivity contribution is 0.347. The lowest BCUT2D eigenvalue weighted by Crippen LogP contribution is -2.13. The largest absolute Gasteiger partial charge is 0.504 e. The van der Waals surface area contributed by atoms with Crippen LogP contribution in [0, 0.1) is 11.8 Å². The second-order valence-corrected chi connectivity index (χ2v) is 6.53. The van der Waals surface area contributed by atoms with Crippen LogP contribution in [0.2, 0.25) is 0 Å². The van der Waals surface area contributed by atoms with Crippen LogP contribution in [0.5, 0.6) is 28.7 Å². The van der Waals surface area contributed by atoms with Crippen LogP contribution < -0.4 is 9.47 Å². The van der Waals surface area contributed by atoms with Crippen LogP contribution in [0.3, 0.4) is 0 Å². The predicted octanol–water partition coefficient (Wildman–Crippen LogP) is 3.88. The van der Waals surface area contributed by atoms with Gasteiger partial charge in [0.05, 0.1) is 14.2 Å². The van der Waals surface area contributed by atoms with Crippen molar-refractivity contribution in [2.75, 3.05) is 14.2 Å². The first-order valence-electron chi connectivity index (χ1n) is 8.30. The molecule has 0 heterocycles. The smallest absolute Gasteiger partial charge is 0.200 e. The summed E-state index contributed by atoms with van der Waals surface area (Å²) in [6.07, 6.45) is 1.60. The second kappa shape index (κ2) is 8.01. The summed E-state index contributed by atoms with van der Waals surface area (Å²) in [6.45, 7) is 4.32. The van der Waals surface area contributed by atoms with E-state index in [9.17, 15) is 15.3 Å². The molecule has 0 radical (unpaired) electrons. The first-order chi connectivity index (χ1) is 11.8. The predicted molar refractivity (Wildman–Crippen MR) is 96.7 cm³/mol. The SMILES string of the molecule is COc1cc(C[C@H](C)[C@H](C)Cc2cc(O)c(O)c(OC)c2)ccc1O. The first-order valence-corrected chi connectivity index (χ1v) is 8.30. The number of aromatic hydroxyl groups is 3. The highest BCUT2D eigenvalue weighted by Crippen LogP contribution is 2.37. The van der Waals surface area contributed by atoms with Gasteiger partial charge in [-0.1, -0.05) is 19.9 Å². The zero-order valence-corrected chi connectivity index (χ0v) is 15.1. The molecule has 0 saturated heterocycles. The van der Waals surface area contributed by atoms with E-state index in [1.165, 1.54) is 14.2 Å². The summed E-state index contributed by atoms with van der Waals surface area (Å²) in [6, 6.07) is 8.73. The maximum absolute atomic E-state index is 9.81. The number of rotatable bonds is 7. The molecule has 2 atom stereocenters. The van der Waals surface area contributed by atoms with Crippen molar-refractivity contribution in [2.24, 2.45) is 11.8 Å². The van der Waals surface area contributed by atoms with E-state index < -0.39 is 0 Å². The van der Waals surface area contributed by atoms with Gasteiger partial charge in [0.1, 0.15) is 0 Å². The van der Waals surface area contributed by atoms with E-state index >= 15 is 0 Å². The highest BCUT2D eigenvalue weighted by Gasteiger charge is 2.17. The number of phenols is 3. The number of methoxy groups -OCH3 is 2. The maximum Gasteiger partial charge on any atom is 0.200 e. The molecule has 3 N–H and O–H groups in total. The molecule has 0 saturated carbocycles. The Morgan fingerprint density at radius 3 is 1.92 bits per heavy atom. The number of benzene rings is 2. The third-order valence-electron chi connectivity index (χ3n) is 4.67. The van der Waals surface area contributed by atoms with Crippen molar-refractivity contribution in [1.82, 2.24) is 0 Å². The van der Waals surface area contributed by atoms with Crippen LogP contribution >= 0.6 is 0 Å². The maximum atomic E-state index is 9.81. The number of hydrogen-bond donors (Lipinski definition) is 3. The van der Waals surface area contributed by atoms with Gasteiger partial charge in [0, 0.05) is 0 Å². The Labute approximate surface area is 148 Å². The molecule has 5 nitrogen and oxygen atoms in total. The summed E-state index contributed by atoms with van der Waals surface area (Å²) in [5.74, 6) is 1.20. The lowest BCUT2D eigenvalue weighted by atomic mass is 9.85. The monoisotopic (exact) mass is 346 g/mol. The van der Waals surface area contributed by atoms with Crippen LogP contribution in [0.4, 0.5) is 0 Å². The molecule has 0 bridgehead atoms. The van der Waals surface area contributed by atoms with E-state index in [-0.39, 0.29) is 23.0 Å². The zero-order valence-electron chi connectivity index (χ0n) is 15.1. The third-order valence-corrected chi connectivity index (χ3v) is 4.67. The van der Waals surface area contributed by atoms with Crippen LogP contribution in [0.1, 0.15) is 25.0 Å². The van der Waals surface area contributed by atoms with Gasteiger partial charge in [-0.2, -0.15) is 0 Å². The molecular weight excluding hydrogens is 320 g/mol. The van der Waals surface area contributed by atoms with E-state index in [0.29, 0.717) is 17.6 Å². The Kier molecular flexibility index (Phi) is 6.02. The van der Waals surface area contributed by atoms with Gasteiger partial charge in [0.15, 0.2) is 23.0 Å². The highest BCUT2D eigenvalue weighted by atomic mass is 16.5. The van der Waals surface area contributed by atoms with Crippen molar-refractivity contribution in [2.45, 2.75) is 26.7 Å². The average molecular weight is 346 g/mol. The van der Waals surface area contributed by atoms with Crippen LogP contribution in [0.15, 0.2) is 30.3 Å². The molecule has 0 amide bonds. The molecule has 2 rings (SSSR count). The normalized spacial score (nSPS) is 13.3. The minimum absolute atomic E-state index is 0.138. The Morgan fingerprint density at radius 1 is 0.760 bits per heavy atom. The fourth-order valence-electron chi connectivity index (χ4n) is 2.92. The zero-order chi connectivity index (χ0) is 18.6. The van der Waals surface area contributed by atoms with Crippen LogP contribution in [0.25, 0.3) is 0 Å². The minimum Gasteiger partial charge on any atom is -0.504 e. The van der Waals surface area contributed by atoms with E-state index in [4.69, 9.17) is 9.47 Å². The quantitative estimate of drug-likeness (QED) is 0.663. The van der Waals surface area contributed by atoms with Crippen molar-refractivity contribution in [3.05, 3.63) is 41.5 Å². The Hall–Kier alpha value is -2.56. The molecule has 25 heavy (non-hydrogen) atoms. The van der Waals surface area contributed by atoms with Gasteiger partial charge >= 0.3 is 0 Å². The van der Waals surface area contributed by atoms with E-state index in [2.05, 4.69) is 13.8 Å². The fourth-order valence-corrected chi connectivity index (χ4v) is 2.92. The Bertz CT molecular complexity index is 726. The summed E-state index contributed by atoms with van der Waals surface area (Å²) in [7, 11) is 3.00. The molecule has 0 unspecified atom stereocenters. The van der Waals surface area contributed by atoms with Crippen molar-refractivity contribution in [1.29, 1.82) is 0 Å². The summed E-state index contributed by atoms with van der Waals surface area (Å²) in [4.78, 5) is 0. The summed E-state index contributed by atoms with van der Waals surface area (Å²) < 4.78 is 10.3. The third kappa shape index (κ3) is 4.50. The molecule has 0 aromatic heterocycles. The molecule has 0 spiro atoms. The first kappa shape index (κ1) is 18.8. The summed E-state index contributed by atoms with van der Waals surface area (Å²) in [5.41, 5.74) is 2.01. The molecule has 0 fully saturated rings. The van der Waals surface area contributed by atoms with Crippen molar-refractivity contribution >= 4 is 0 Å². The molecule has 2 aromatic carbocycles. The van der Waals surface area contributed by atoms with E-state index in [1.807, 2.05) is 12.1 Å². The van der Waals surface area contributed by atoms with Gasteiger partial charge in [0.25, 0.3) is 0 Å². The molecular formula is C20H26O5. The second-order valence-electron chi connectivity index (χ2n) is 6.53. The average Bonchev–Trinajstić information content (AvgIpc) is 2.59. The van der Waals surface area contributed by atoms with Crippen molar-refractivity contribution in [3.63, 3.8) is 0 Å². The molecule has 0 aliphatic heterocycles. The molecule has 5 heteroatoms. The number of ether oxygens (including phenoxy) is 2. The highest BCUT2D eigenvalue weighted by molar-refractivity contribution is 5.52. The standard InChI is InChI=1S/C20H26O5/c1-12(7-14-5-6-16(21)18(10-14)24-3)13(2)8-15-9-17(22)20(23)19(11-15)25-4/h5-6,9-13,21-23H,7-8H2,1-4H3/t12-,13+/m0/s1. The molecule has 0 aliphatic rings. The van der Waals surface area contributed by atoms with Crippen molar-refractivity contribution in [3.8, 4) is 28.7 Å². The minimum atomic E-state index is -0.233. The number of hydrogen-bond acceptors (Lipinski definition) is 5. The fraction of sp³-hybridized carbons (Fsp3) is 0.400. The molecule has 136 valence electrons. The van der Waals surface area contributed by atoms with E-state index in [0.717, 1.165) is 24.0 Å². The van der Waals surface area contributed by atoms with Crippen LogP contribution in [-0.2, 0) is 12.8 Å². The van der Waals surface area contributed by atoms with E-state index in [1.54, 1.807) is 18.2 Å². The van der Waals surface area contributed by atoms with Gasteiger partial charge in [-0.05, 0) is 60.1 Å². The lowest BCUT2D eigenvalue weighted by Gasteiger charge is -2.21. The van der Waals surface area contributed by atoms with Gasteiger partial charge < -0.3 is 24.8 Å². The van der Waals surface area contributed by atoms with Gasteiger partial charge in [0.2, 0.25) is 5.75 Å². The van der Waals surface area contributed by atoms with Crippen molar-refractivity contribution < 1.29 is 24.8 Å². The topological polar surface area (TPSA) is 79.2 Å². The Balaban J connectivity index is 2.08. The molecule has 0 aliphatic carbocycles. The van der Waals surface area contributed by atoms with Crippen LogP contribution in [-0.4, -0.2) is 29.5 Å². The molecule has 2 aromatic rings. The summed E-state index contributed by atoms with van der Waals surface area (Å²) in [5, 5.41) is 29.2.